The van der Waals surface area contributed by atoms with Crippen molar-refractivity contribution in [3.05, 3.63) is 65.7 Å². The standard InChI is InChI=1S/C20H14F3N3O/c1-27-18-5-3-2-4-14(18)17-10-15(16(11-24)19(25)26-17)12-6-8-13(9-7-12)20(21,22)23/h2-10H,1H3,(H2,25,26). The molecule has 3 rings (SSSR count). The van der Waals surface area contributed by atoms with E-state index in [2.05, 4.69) is 4.98 Å². The van der Waals surface area contributed by atoms with Crippen LogP contribution in [-0.4, -0.2) is 12.1 Å². The van der Waals surface area contributed by atoms with Crippen LogP contribution in [0.5, 0.6) is 5.75 Å². The van der Waals surface area contributed by atoms with Gasteiger partial charge in [-0.2, -0.15) is 18.4 Å². The lowest BCUT2D eigenvalue weighted by molar-refractivity contribution is -0.137. The smallest absolute Gasteiger partial charge is 0.416 e. The van der Waals surface area contributed by atoms with E-state index in [1.807, 2.05) is 6.07 Å². The third-order valence-electron chi connectivity index (χ3n) is 4.07. The largest absolute Gasteiger partial charge is 0.496 e. The summed E-state index contributed by atoms with van der Waals surface area (Å²) in [7, 11) is 1.52. The number of nitrogens with two attached hydrogens (primary N) is 1. The van der Waals surface area contributed by atoms with Crippen LogP contribution in [-0.2, 0) is 6.18 Å². The Labute approximate surface area is 153 Å². The molecule has 136 valence electrons. The molecule has 0 atom stereocenters. The highest BCUT2D eigenvalue weighted by Gasteiger charge is 2.30. The first kappa shape index (κ1) is 18.3. The molecule has 0 aliphatic rings. The first-order valence-corrected chi connectivity index (χ1v) is 7.86. The van der Waals surface area contributed by atoms with Crippen molar-refractivity contribution in [1.29, 1.82) is 5.26 Å². The molecule has 0 spiro atoms. The van der Waals surface area contributed by atoms with Gasteiger partial charge in [0.25, 0.3) is 0 Å². The van der Waals surface area contributed by atoms with Crippen LogP contribution in [0.25, 0.3) is 22.4 Å². The van der Waals surface area contributed by atoms with Gasteiger partial charge in [-0.15, -0.1) is 0 Å². The molecular weight excluding hydrogens is 355 g/mol. The van der Waals surface area contributed by atoms with E-state index in [-0.39, 0.29) is 11.4 Å². The highest BCUT2D eigenvalue weighted by molar-refractivity contribution is 5.81. The summed E-state index contributed by atoms with van der Waals surface area (Å²) < 4.78 is 43.7. The Morgan fingerprint density at radius 2 is 1.70 bits per heavy atom. The van der Waals surface area contributed by atoms with Gasteiger partial charge in [0.1, 0.15) is 23.2 Å². The van der Waals surface area contributed by atoms with Crippen molar-refractivity contribution < 1.29 is 17.9 Å². The van der Waals surface area contributed by atoms with E-state index >= 15 is 0 Å². The predicted octanol–water partition coefficient (Wildman–Crippen LogP) is 4.90. The second kappa shape index (κ2) is 7.00. The van der Waals surface area contributed by atoms with E-state index in [4.69, 9.17) is 10.5 Å². The number of ether oxygens (including phenoxy) is 1. The number of rotatable bonds is 3. The van der Waals surface area contributed by atoms with Crippen molar-refractivity contribution >= 4 is 5.82 Å². The number of hydrogen-bond donors (Lipinski definition) is 1. The molecule has 0 bridgehead atoms. The van der Waals surface area contributed by atoms with Crippen LogP contribution in [0.4, 0.5) is 19.0 Å². The maximum atomic E-state index is 12.8. The fourth-order valence-corrected chi connectivity index (χ4v) is 2.74. The van der Waals surface area contributed by atoms with Crippen molar-refractivity contribution in [2.45, 2.75) is 6.18 Å². The van der Waals surface area contributed by atoms with Gasteiger partial charge in [-0.25, -0.2) is 4.98 Å². The van der Waals surface area contributed by atoms with Gasteiger partial charge >= 0.3 is 6.18 Å². The topological polar surface area (TPSA) is 71.9 Å². The molecular formula is C20H14F3N3O. The van der Waals surface area contributed by atoms with Gasteiger partial charge in [-0.05, 0) is 35.9 Å². The molecule has 27 heavy (non-hydrogen) atoms. The fourth-order valence-electron chi connectivity index (χ4n) is 2.74. The van der Waals surface area contributed by atoms with Gasteiger partial charge in [0.2, 0.25) is 0 Å². The molecule has 0 radical (unpaired) electrons. The maximum Gasteiger partial charge on any atom is 0.416 e. The molecule has 7 heteroatoms. The van der Waals surface area contributed by atoms with Gasteiger partial charge in [-0.3, -0.25) is 0 Å². The first-order chi connectivity index (χ1) is 12.8. The fraction of sp³-hybridized carbons (Fsp3) is 0.100. The maximum absolute atomic E-state index is 12.8. The Hall–Kier alpha value is -3.53. The van der Waals surface area contributed by atoms with Gasteiger partial charge in [0, 0.05) is 11.1 Å². The number of nitrogen functional groups attached to an aromatic ring is 1. The Morgan fingerprint density at radius 3 is 2.30 bits per heavy atom. The van der Waals surface area contributed by atoms with Gasteiger partial charge in [0.15, 0.2) is 0 Å². The summed E-state index contributed by atoms with van der Waals surface area (Å²) in [5.41, 5.74) is 7.23. The molecule has 0 saturated carbocycles. The van der Waals surface area contributed by atoms with Gasteiger partial charge in [0.05, 0.1) is 18.4 Å². The number of benzene rings is 2. The summed E-state index contributed by atoms with van der Waals surface area (Å²) in [6.45, 7) is 0. The number of alkyl halides is 3. The van der Waals surface area contributed by atoms with Crippen LogP contribution in [0.2, 0.25) is 0 Å². The number of methoxy groups -OCH3 is 1. The second-order valence-corrected chi connectivity index (χ2v) is 5.70. The molecule has 1 heterocycles. The van der Waals surface area contributed by atoms with Crippen LogP contribution >= 0.6 is 0 Å². The van der Waals surface area contributed by atoms with E-state index in [0.717, 1.165) is 12.1 Å². The average Bonchev–Trinajstić information content (AvgIpc) is 2.66. The summed E-state index contributed by atoms with van der Waals surface area (Å²) in [5, 5.41) is 9.43. The van der Waals surface area contributed by atoms with Crippen molar-refractivity contribution in [2.24, 2.45) is 0 Å². The quantitative estimate of drug-likeness (QED) is 0.713. The highest BCUT2D eigenvalue weighted by atomic mass is 19.4. The molecule has 0 aliphatic carbocycles. The summed E-state index contributed by atoms with van der Waals surface area (Å²) in [5.74, 6) is 0.559. The molecule has 2 aromatic carbocycles. The van der Waals surface area contributed by atoms with Crippen LogP contribution in [0.3, 0.4) is 0 Å². The number of pyridine rings is 1. The lowest BCUT2D eigenvalue weighted by atomic mass is 9.97. The normalized spacial score (nSPS) is 11.1. The molecule has 0 aliphatic heterocycles. The summed E-state index contributed by atoms with van der Waals surface area (Å²) in [6.07, 6.45) is -4.43. The second-order valence-electron chi connectivity index (χ2n) is 5.70. The summed E-state index contributed by atoms with van der Waals surface area (Å²) in [4.78, 5) is 4.26. The zero-order valence-electron chi connectivity index (χ0n) is 14.2. The molecule has 2 N–H and O–H groups in total. The van der Waals surface area contributed by atoms with Crippen LogP contribution < -0.4 is 10.5 Å². The van der Waals surface area contributed by atoms with Gasteiger partial charge in [-0.1, -0.05) is 24.3 Å². The Kier molecular flexibility index (Phi) is 4.74. The van der Waals surface area contributed by atoms with E-state index in [9.17, 15) is 18.4 Å². The van der Waals surface area contributed by atoms with E-state index in [0.29, 0.717) is 28.1 Å². The predicted molar refractivity (Wildman–Crippen MR) is 95.8 cm³/mol. The minimum absolute atomic E-state index is 0.00389. The van der Waals surface area contributed by atoms with Gasteiger partial charge < -0.3 is 10.5 Å². The van der Waals surface area contributed by atoms with Crippen LogP contribution in [0.1, 0.15) is 11.1 Å². The molecule has 4 nitrogen and oxygen atoms in total. The van der Waals surface area contributed by atoms with E-state index < -0.39 is 11.7 Å². The first-order valence-electron chi connectivity index (χ1n) is 7.86. The number of anilines is 1. The number of aromatic nitrogens is 1. The third-order valence-corrected chi connectivity index (χ3v) is 4.07. The van der Waals surface area contributed by atoms with Crippen molar-refractivity contribution in [2.75, 3.05) is 12.8 Å². The number of nitriles is 1. The zero-order chi connectivity index (χ0) is 19.6. The van der Waals surface area contributed by atoms with Crippen molar-refractivity contribution in [3.8, 4) is 34.2 Å². The number of halogens is 3. The average molecular weight is 369 g/mol. The SMILES string of the molecule is COc1ccccc1-c1cc(-c2ccc(C(F)(F)F)cc2)c(C#N)c(N)n1. The number of nitrogens with zero attached hydrogens (tertiary/aromatic N) is 2. The molecule has 3 aromatic rings. The lowest BCUT2D eigenvalue weighted by Crippen LogP contribution is -2.04. The Balaban J connectivity index is 2.18. The van der Waals surface area contributed by atoms with Crippen LogP contribution in [0.15, 0.2) is 54.6 Å². The van der Waals surface area contributed by atoms with E-state index in [1.54, 1.807) is 30.3 Å². The monoisotopic (exact) mass is 369 g/mol. The van der Waals surface area contributed by atoms with Crippen molar-refractivity contribution in [1.82, 2.24) is 4.98 Å². The third kappa shape index (κ3) is 3.55. The van der Waals surface area contributed by atoms with E-state index in [1.165, 1.54) is 19.2 Å². The molecule has 1 aromatic heterocycles. The summed E-state index contributed by atoms with van der Waals surface area (Å²) in [6, 6.07) is 15.3. The number of hydrogen-bond acceptors (Lipinski definition) is 4. The number of para-hydroxylation sites is 1. The molecule has 0 amide bonds. The lowest BCUT2D eigenvalue weighted by Gasteiger charge is -2.13. The molecule has 0 unspecified atom stereocenters. The minimum atomic E-state index is -4.43. The minimum Gasteiger partial charge on any atom is -0.496 e. The molecule has 0 saturated heterocycles. The van der Waals surface area contributed by atoms with Crippen LogP contribution in [0, 0.1) is 11.3 Å². The molecule has 0 fully saturated rings. The Bertz CT molecular complexity index is 1020. The highest BCUT2D eigenvalue weighted by Crippen LogP contribution is 2.36. The summed E-state index contributed by atoms with van der Waals surface area (Å²) >= 11 is 0. The zero-order valence-corrected chi connectivity index (χ0v) is 14.2. The van der Waals surface area contributed by atoms with Crippen molar-refractivity contribution in [3.63, 3.8) is 0 Å². The Morgan fingerprint density at radius 1 is 1.04 bits per heavy atom.